The molecular formula is C29H30F2N4O2S. The molecule has 4 aromatic rings. The number of benzene rings is 2. The largest absolute Gasteiger partial charge is 0.390 e. The molecule has 2 aromatic heterocycles. The maximum absolute atomic E-state index is 13.8. The predicted octanol–water partition coefficient (Wildman–Crippen LogP) is 4.47. The first-order valence-electron chi connectivity index (χ1n) is 12.5. The van der Waals surface area contributed by atoms with E-state index < -0.39 is 23.8 Å². The Morgan fingerprint density at radius 3 is 2.55 bits per heavy atom. The van der Waals surface area contributed by atoms with Crippen molar-refractivity contribution in [2.75, 3.05) is 6.54 Å². The fourth-order valence-corrected chi connectivity index (χ4v) is 4.94. The van der Waals surface area contributed by atoms with E-state index in [4.69, 9.17) is 0 Å². The number of aliphatic hydroxyl groups excluding tert-OH is 1. The number of aromatic nitrogens is 2. The maximum Gasteiger partial charge on any atom is 0.226 e. The SMILES string of the molecule is CCc1cccc(CNC[C@@H](O)[C@H](Cc2cc(F)cc(F)c2)NC(=O)Cc2csc(-c3ccccn3)n2)c1. The lowest BCUT2D eigenvalue weighted by atomic mass is 10.00. The summed E-state index contributed by atoms with van der Waals surface area (Å²) in [6.45, 7) is 2.80. The molecule has 2 atom stereocenters. The Morgan fingerprint density at radius 2 is 1.82 bits per heavy atom. The Morgan fingerprint density at radius 1 is 1.03 bits per heavy atom. The molecule has 2 heterocycles. The fraction of sp³-hybridized carbons (Fsp3) is 0.276. The summed E-state index contributed by atoms with van der Waals surface area (Å²) in [5.74, 6) is -1.77. The summed E-state index contributed by atoms with van der Waals surface area (Å²) >= 11 is 1.39. The zero-order valence-electron chi connectivity index (χ0n) is 21.0. The van der Waals surface area contributed by atoms with Crippen molar-refractivity contribution in [2.24, 2.45) is 0 Å². The Labute approximate surface area is 224 Å². The van der Waals surface area contributed by atoms with Gasteiger partial charge in [0.1, 0.15) is 16.6 Å². The second kappa shape index (κ2) is 13.3. The first-order chi connectivity index (χ1) is 18.4. The van der Waals surface area contributed by atoms with Crippen molar-refractivity contribution in [1.82, 2.24) is 20.6 Å². The van der Waals surface area contributed by atoms with Gasteiger partial charge in [0.05, 0.1) is 30.0 Å². The first-order valence-corrected chi connectivity index (χ1v) is 13.3. The molecule has 0 radical (unpaired) electrons. The van der Waals surface area contributed by atoms with Crippen molar-refractivity contribution in [1.29, 1.82) is 0 Å². The van der Waals surface area contributed by atoms with Gasteiger partial charge in [-0.05, 0) is 53.8 Å². The van der Waals surface area contributed by atoms with Crippen molar-refractivity contribution in [3.63, 3.8) is 0 Å². The van der Waals surface area contributed by atoms with E-state index in [9.17, 15) is 18.7 Å². The van der Waals surface area contributed by atoms with E-state index in [0.29, 0.717) is 22.8 Å². The van der Waals surface area contributed by atoms with Gasteiger partial charge in [0, 0.05) is 30.7 Å². The van der Waals surface area contributed by atoms with Crippen LogP contribution < -0.4 is 10.6 Å². The first kappa shape index (κ1) is 27.5. The molecule has 0 saturated carbocycles. The molecular weight excluding hydrogens is 506 g/mol. The smallest absolute Gasteiger partial charge is 0.226 e. The zero-order valence-corrected chi connectivity index (χ0v) is 21.8. The quantitative estimate of drug-likeness (QED) is 0.249. The summed E-state index contributed by atoms with van der Waals surface area (Å²) < 4.78 is 27.6. The van der Waals surface area contributed by atoms with Crippen LogP contribution in [0.4, 0.5) is 8.78 Å². The summed E-state index contributed by atoms with van der Waals surface area (Å²) in [5, 5.41) is 19.5. The van der Waals surface area contributed by atoms with Gasteiger partial charge in [0.2, 0.25) is 5.91 Å². The minimum absolute atomic E-state index is 0.00129. The number of rotatable bonds is 12. The van der Waals surface area contributed by atoms with Gasteiger partial charge in [-0.3, -0.25) is 9.78 Å². The molecule has 4 rings (SSSR count). The van der Waals surface area contributed by atoms with Crippen molar-refractivity contribution in [3.05, 3.63) is 106 Å². The van der Waals surface area contributed by atoms with Crippen LogP contribution in [0, 0.1) is 11.6 Å². The van der Waals surface area contributed by atoms with Gasteiger partial charge >= 0.3 is 0 Å². The van der Waals surface area contributed by atoms with Gasteiger partial charge < -0.3 is 15.7 Å². The molecule has 0 bridgehead atoms. The van der Waals surface area contributed by atoms with Gasteiger partial charge in [0.15, 0.2) is 0 Å². The summed E-state index contributed by atoms with van der Waals surface area (Å²) in [6.07, 6.45) is 1.67. The molecule has 2 aromatic carbocycles. The monoisotopic (exact) mass is 536 g/mol. The molecule has 0 aliphatic rings. The van der Waals surface area contributed by atoms with E-state index >= 15 is 0 Å². The number of hydrogen-bond donors (Lipinski definition) is 3. The lowest BCUT2D eigenvalue weighted by Crippen LogP contribution is -2.49. The van der Waals surface area contributed by atoms with E-state index in [1.807, 2.05) is 30.3 Å². The van der Waals surface area contributed by atoms with Crippen molar-refractivity contribution in [3.8, 4) is 10.7 Å². The second-order valence-corrected chi connectivity index (χ2v) is 9.92. The van der Waals surface area contributed by atoms with Crippen LogP contribution in [0.25, 0.3) is 10.7 Å². The average Bonchev–Trinajstić information content (AvgIpc) is 3.36. The molecule has 0 spiro atoms. The van der Waals surface area contributed by atoms with Crippen molar-refractivity contribution in [2.45, 2.75) is 44.9 Å². The number of nitrogens with one attached hydrogen (secondary N) is 2. The maximum atomic E-state index is 13.8. The number of nitrogens with zero attached hydrogens (tertiary/aromatic N) is 2. The Balaban J connectivity index is 1.41. The Hall–Kier alpha value is -3.53. The normalized spacial score (nSPS) is 12.7. The third-order valence-electron chi connectivity index (χ3n) is 6.05. The van der Waals surface area contributed by atoms with Crippen LogP contribution in [-0.2, 0) is 30.6 Å². The predicted molar refractivity (Wildman–Crippen MR) is 145 cm³/mol. The number of aryl methyl sites for hydroxylation is 1. The molecule has 0 fully saturated rings. The molecule has 1 amide bonds. The van der Waals surface area contributed by atoms with Gasteiger partial charge in [-0.15, -0.1) is 11.3 Å². The van der Waals surface area contributed by atoms with Gasteiger partial charge in [0.25, 0.3) is 0 Å². The van der Waals surface area contributed by atoms with E-state index in [2.05, 4.69) is 39.7 Å². The van der Waals surface area contributed by atoms with Crippen LogP contribution in [0.5, 0.6) is 0 Å². The van der Waals surface area contributed by atoms with Gasteiger partial charge in [-0.2, -0.15) is 0 Å². The molecule has 0 aliphatic heterocycles. The number of carbonyl (C=O) groups is 1. The topological polar surface area (TPSA) is 87.1 Å². The van der Waals surface area contributed by atoms with E-state index in [-0.39, 0.29) is 25.3 Å². The van der Waals surface area contributed by atoms with Crippen LogP contribution in [0.15, 0.2) is 72.2 Å². The number of thiazole rings is 1. The molecule has 0 unspecified atom stereocenters. The Bertz CT molecular complexity index is 1330. The fourth-order valence-electron chi connectivity index (χ4n) is 4.15. The number of amides is 1. The van der Waals surface area contributed by atoms with Crippen molar-refractivity contribution >= 4 is 17.2 Å². The molecule has 0 saturated heterocycles. The Kier molecular flexibility index (Phi) is 9.64. The highest BCUT2D eigenvalue weighted by molar-refractivity contribution is 7.13. The number of carbonyl (C=O) groups excluding carboxylic acids is 1. The molecule has 6 nitrogen and oxygen atoms in total. The summed E-state index contributed by atoms with van der Waals surface area (Å²) in [4.78, 5) is 21.7. The number of halogens is 2. The van der Waals surface area contributed by atoms with Crippen LogP contribution in [-0.4, -0.2) is 39.7 Å². The van der Waals surface area contributed by atoms with Crippen LogP contribution >= 0.6 is 11.3 Å². The van der Waals surface area contributed by atoms with E-state index in [0.717, 1.165) is 23.7 Å². The minimum atomic E-state index is -1.00. The third-order valence-corrected chi connectivity index (χ3v) is 6.96. The number of pyridine rings is 1. The number of aliphatic hydroxyl groups is 1. The average molecular weight is 537 g/mol. The standard InChI is InChI=1S/C29H30F2N4O2S/c1-2-19-6-5-7-20(10-19)16-32-17-27(36)26(13-21-11-22(30)14-23(31)12-21)35-28(37)15-24-18-38-29(34-24)25-8-3-4-9-33-25/h3-12,14,18,26-27,32,36H,2,13,15-17H2,1H3,(H,35,37)/t26-,27+/m0/s1. The lowest BCUT2D eigenvalue weighted by molar-refractivity contribution is -0.122. The molecule has 9 heteroatoms. The number of hydrogen-bond acceptors (Lipinski definition) is 6. The lowest BCUT2D eigenvalue weighted by Gasteiger charge is -2.25. The third kappa shape index (κ3) is 7.98. The van der Waals surface area contributed by atoms with E-state index in [1.54, 1.807) is 11.6 Å². The highest BCUT2D eigenvalue weighted by atomic mass is 32.1. The van der Waals surface area contributed by atoms with Crippen LogP contribution in [0.1, 0.15) is 29.3 Å². The van der Waals surface area contributed by atoms with E-state index in [1.165, 1.54) is 29.0 Å². The highest BCUT2D eigenvalue weighted by Crippen LogP contribution is 2.21. The molecule has 3 N–H and O–H groups in total. The minimum Gasteiger partial charge on any atom is -0.390 e. The van der Waals surface area contributed by atoms with Gasteiger partial charge in [-0.25, -0.2) is 13.8 Å². The van der Waals surface area contributed by atoms with Gasteiger partial charge in [-0.1, -0.05) is 37.3 Å². The molecule has 198 valence electrons. The summed E-state index contributed by atoms with van der Waals surface area (Å²) in [7, 11) is 0. The van der Waals surface area contributed by atoms with Crippen LogP contribution in [0.2, 0.25) is 0 Å². The summed E-state index contributed by atoms with van der Waals surface area (Å²) in [5.41, 5.74) is 3.94. The second-order valence-electron chi connectivity index (χ2n) is 9.06. The van der Waals surface area contributed by atoms with Crippen LogP contribution in [0.3, 0.4) is 0 Å². The van der Waals surface area contributed by atoms with Crippen molar-refractivity contribution < 1.29 is 18.7 Å². The molecule has 0 aliphatic carbocycles. The molecule has 38 heavy (non-hydrogen) atoms. The zero-order chi connectivity index (χ0) is 26.9. The highest BCUT2D eigenvalue weighted by Gasteiger charge is 2.23. The summed E-state index contributed by atoms with van der Waals surface area (Å²) in [6, 6.07) is 16.1.